The van der Waals surface area contributed by atoms with Crippen LogP contribution in [0.3, 0.4) is 0 Å². The number of ether oxygens (including phenoxy) is 3. The normalized spacial score (nSPS) is 10.1. The van der Waals surface area contributed by atoms with Gasteiger partial charge in [0.05, 0.1) is 19.8 Å². The van der Waals surface area contributed by atoms with Gasteiger partial charge in [-0.25, -0.2) is 4.79 Å². The molecule has 0 bridgehead atoms. The second-order valence-electron chi connectivity index (χ2n) is 3.68. The summed E-state index contributed by atoms with van der Waals surface area (Å²) in [4.78, 5) is 11.8. The maximum absolute atomic E-state index is 11.8. The standard InChI is InChI=1S/C13H18ClNO4/c1-17-11-7-10(8-12(9-11)18-2)13(16)19-6-5-15-4-3-14/h7-9,15H,3-6H2,1-2H3. The molecule has 0 radical (unpaired) electrons. The molecule has 1 N–H and O–H groups in total. The van der Waals surface area contributed by atoms with Gasteiger partial charge in [0, 0.05) is 25.0 Å². The molecule has 1 aromatic carbocycles. The highest BCUT2D eigenvalue weighted by molar-refractivity contribution is 6.18. The van der Waals surface area contributed by atoms with Gasteiger partial charge in [-0.05, 0) is 12.1 Å². The highest BCUT2D eigenvalue weighted by Gasteiger charge is 2.10. The fraction of sp³-hybridized carbons (Fsp3) is 0.462. The highest BCUT2D eigenvalue weighted by atomic mass is 35.5. The van der Waals surface area contributed by atoms with E-state index in [4.69, 9.17) is 25.8 Å². The molecular weight excluding hydrogens is 270 g/mol. The first kappa shape index (κ1) is 15.6. The van der Waals surface area contributed by atoms with Gasteiger partial charge in [0.25, 0.3) is 0 Å². The Balaban J connectivity index is 2.55. The number of methoxy groups -OCH3 is 2. The van der Waals surface area contributed by atoms with E-state index in [0.717, 1.165) is 0 Å². The molecule has 0 aromatic heterocycles. The number of benzene rings is 1. The molecule has 0 saturated heterocycles. The fourth-order valence-corrected chi connectivity index (χ4v) is 1.55. The van der Waals surface area contributed by atoms with Crippen LogP contribution in [0, 0.1) is 0 Å². The average Bonchev–Trinajstić information content (AvgIpc) is 2.46. The van der Waals surface area contributed by atoms with Crippen LogP contribution in [-0.4, -0.2) is 45.8 Å². The monoisotopic (exact) mass is 287 g/mol. The van der Waals surface area contributed by atoms with E-state index in [1.54, 1.807) is 18.2 Å². The number of hydrogen-bond donors (Lipinski definition) is 1. The molecule has 0 aliphatic rings. The third-order valence-corrected chi connectivity index (χ3v) is 2.56. The summed E-state index contributed by atoms with van der Waals surface area (Å²) >= 11 is 5.51. The molecule has 19 heavy (non-hydrogen) atoms. The lowest BCUT2D eigenvalue weighted by Gasteiger charge is -2.09. The predicted octanol–water partition coefficient (Wildman–Crippen LogP) is 1.69. The maximum atomic E-state index is 11.8. The average molecular weight is 288 g/mol. The Morgan fingerprint density at radius 1 is 1.16 bits per heavy atom. The van der Waals surface area contributed by atoms with Crippen molar-refractivity contribution in [1.82, 2.24) is 5.32 Å². The van der Waals surface area contributed by atoms with Crippen LogP contribution in [0.5, 0.6) is 11.5 Å². The molecule has 0 saturated carbocycles. The van der Waals surface area contributed by atoms with Crippen molar-refractivity contribution in [3.8, 4) is 11.5 Å². The topological polar surface area (TPSA) is 56.8 Å². The van der Waals surface area contributed by atoms with Gasteiger partial charge in [0.1, 0.15) is 18.1 Å². The maximum Gasteiger partial charge on any atom is 0.338 e. The number of nitrogens with one attached hydrogen (secondary N) is 1. The lowest BCUT2D eigenvalue weighted by Crippen LogP contribution is -2.23. The van der Waals surface area contributed by atoms with Crippen LogP contribution in [-0.2, 0) is 4.74 Å². The van der Waals surface area contributed by atoms with E-state index in [1.165, 1.54) is 14.2 Å². The number of esters is 1. The van der Waals surface area contributed by atoms with Crippen LogP contribution in [0.15, 0.2) is 18.2 Å². The largest absolute Gasteiger partial charge is 0.497 e. The lowest BCUT2D eigenvalue weighted by molar-refractivity contribution is 0.0508. The van der Waals surface area contributed by atoms with Gasteiger partial charge >= 0.3 is 5.97 Å². The number of rotatable bonds is 8. The lowest BCUT2D eigenvalue weighted by atomic mass is 10.2. The summed E-state index contributed by atoms with van der Waals surface area (Å²) in [6.45, 7) is 1.54. The number of halogens is 1. The molecule has 5 nitrogen and oxygen atoms in total. The third kappa shape index (κ3) is 5.36. The summed E-state index contributed by atoms with van der Waals surface area (Å²) in [6.07, 6.45) is 0. The van der Waals surface area contributed by atoms with Crippen LogP contribution in [0.1, 0.15) is 10.4 Å². The van der Waals surface area contributed by atoms with Gasteiger partial charge in [-0.2, -0.15) is 0 Å². The van der Waals surface area contributed by atoms with E-state index in [9.17, 15) is 4.79 Å². The minimum atomic E-state index is -0.412. The molecule has 0 fully saturated rings. The van der Waals surface area contributed by atoms with E-state index < -0.39 is 5.97 Å². The molecule has 0 aliphatic carbocycles. The van der Waals surface area contributed by atoms with Crippen molar-refractivity contribution in [2.24, 2.45) is 0 Å². The summed E-state index contributed by atoms with van der Waals surface area (Å²) in [6, 6.07) is 4.91. The zero-order chi connectivity index (χ0) is 14.1. The number of hydrogen-bond acceptors (Lipinski definition) is 5. The molecule has 106 valence electrons. The van der Waals surface area contributed by atoms with Crippen molar-refractivity contribution in [2.45, 2.75) is 0 Å². The zero-order valence-electron chi connectivity index (χ0n) is 11.1. The Labute approximate surface area is 117 Å². The number of alkyl halides is 1. The summed E-state index contributed by atoms with van der Waals surface area (Å²) in [5.41, 5.74) is 0.397. The van der Waals surface area contributed by atoms with Gasteiger partial charge in [-0.3, -0.25) is 0 Å². The molecule has 1 aromatic rings. The minimum absolute atomic E-state index is 0.287. The second kappa shape index (κ2) is 8.61. The van der Waals surface area contributed by atoms with E-state index >= 15 is 0 Å². The summed E-state index contributed by atoms with van der Waals surface area (Å²) in [5.74, 6) is 1.21. The first-order chi connectivity index (χ1) is 9.21. The second-order valence-corrected chi connectivity index (χ2v) is 4.05. The van der Waals surface area contributed by atoms with E-state index in [-0.39, 0.29) is 6.61 Å². The Morgan fingerprint density at radius 3 is 2.32 bits per heavy atom. The van der Waals surface area contributed by atoms with Crippen molar-refractivity contribution in [3.05, 3.63) is 23.8 Å². The number of carbonyl (C=O) groups excluding carboxylic acids is 1. The highest BCUT2D eigenvalue weighted by Crippen LogP contribution is 2.22. The molecule has 0 atom stereocenters. The van der Waals surface area contributed by atoms with Crippen LogP contribution in [0.2, 0.25) is 0 Å². The van der Waals surface area contributed by atoms with Crippen molar-refractivity contribution >= 4 is 17.6 Å². The summed E-state index contributed by atoms with van der Waals surface area (Å²) in [7, 11) is 3.06. The minimum Gasteiger partial charge on any atom is -0.497 e. The Bertz CT molecular complexity index is 389. The van der Waals surface area contributed by atoms with Crippen molar-refractivity contribution in [1.29, 1.82) is 0 Å². The van der Waals surface area contributed by atoms with Crippen LogP contribution in [0.4, 0.5) is 0 Å². The Kier molecular flexibility index (Phi) is 7.07. The molecular formula is C13H18ClNO4. The van der Waals surface area contributed by atoms with Gasteiger partial charge in [0.2, 0.25) is 0 Å². The molecule has 0 spiro atoms. The Hall–Kier alpha value is -1.46. The molecule has 0 unspecified atom stereocenters. The fourth-order valence-electron chi connectivity index (χ4n) is 1.42. The predicted molar refractivity (Wildman–Crippen MR) is 73.4 cm³/mol. The first-order valence-corrected chi connectivity index (χ1v) is 6.41. The van der Waals surface area contributed by atoms with Gasteiger partial charge < -0.3 is 19.5 Å². The Morgan fingerprint density at radius 2 is 1.79 bits per heavy atom. The van der Waals surface area contributed by atoms with Gasteiger partial charge in [-0.15, -0.1) is 11.6 Å². The van der Waals surface area contributed by atoms with Crippen LogP contribution < -0.4 is 14.8 Å². The zero-order valence-corrected chi connectivity index (χ0v) is 11.8. The van der Waals surface area contributed by atoms with E-state index in [0.29, 0.717) is 36.0 Å². The summed E-state index contributed by atoms with van der Waals surface area (Å²) in [5, 5.41) is 3.03. The van der Waals surface area contributed by atoms with Crippen molar-refractivity contribution < 1.29 is 19.0 Å². The third-order valence-electron chi connectivity index (χ3n) is 2.37. The quantitative estimate of drug-likeness (QED) is 0.448. The van der Waals surface area contributed by atoms with Crippen molar-refractivity contribution in [2.75, 3.05) is 39.8 Å². The SMILES string of the molecule is COc1cc(OC)cc(C(=O)OCCNCCCl)c1. The van der Waals surface area contributed by atoms with E-state index in [2.05, 4.69) is 5.32 Å². The molecule has 0 amide bonds. The van der Waals surface area contributed by atoms with Crippen LogP contribution >= 0.6 is 11.6 Å². The molecule has 1 rings (SSSR count). The van der Waals surface area contributed by atoms with E-state index in [1.807, 2.05) is 0 Å². The van der Waals surface area contributed by atoms with Gasteiger partial charge in [-0.1, -0.05) is 0 Å². The molecule has 0 aliphatic heterocycles. The van der Waals surface area contributed by atoms with Crippen LogP contribution in [0.25, 0.3) is 0 Å². The van der Waals surface area contributed by atoms with Gasteiger partial charge in [0.15, 0.2) is 0 Å². The first-order valence-electron chi connectivity index (χ1n) is 5.88. The summed E-state index contributed by atoms with van der Waals surface area (Å²) < 4.78 is 15.3. The molecule has 0 heterocycles. The van der Waals surface area contributed by atoms with Crippen molar-refractivity contribution in [3.63, 3.8) is 0 Å². The smallest absolute Gasteiger partial charge is 0.338 e. The molecule has 6 heteroatoms. The number of carbonyl (C=O) groups is 1.